The van der Waals surface area contributed by atoms with Gasteiger partial charge in [-0.05, 0) is 44.1 Å². The van der Waals surface area contributed by atoms with Gasteiger partial charge in [0.25, 0.3) is 0 Å². The fourth-order valence-electron chi connectivity index (χ4n) is 3.69. The number of rotatable bonds is 6. The van der Waals surface area contributed by atoms with Crippen LogP contribution < -0.4 is 0 Å². The SMILES string of the molecule is C[C@@H](c1cccc(F)c1)N1CCN(CCCN2CCOCC2)CC1. The highest BCUT2D eigenvalue weighted by molar-refractivity contribution is 5.19. The Kier molecular flexibility index (Phi) is 6.60. The summed E-state index contributed by atoms with van der Waals surface area (Å²) in [6.07, 6.45) is 1.24. The van der Waals surface area contributed by atoms with E-state index in [-0.39, 0.29) is 11.9 Å². The summed E-state index contributed by atoms with van der Waals surface area (Å²) in [5, 5.41) is 0. The summed E-state index contributed by atoms with van der Waals surface area (Å²) in [6, 6.07) is 7.31. The maximum absolute atomic E-state index is 13.4. The van der Waals surface area contributed by atoms with Crippen molar-refractivity contribution in [2.45, 2.75) is 19.4 Å². The van der Waals surface area contributed by atoms with Crippen molar-refractivity contribution in [1.29, 1.82) is 0 Å². The number of morpholine rings is 1. The molecule has 4 nitrogen and oxygen atoms in total. The lowest BCUT2D eigenvalue weighted by molar-refractivity contribution is 0.0345. The number of hydrogen-bond acceptors (Lipinski definition) is 4. The summed E-state index contributed by atoms with van der Waals surface area (Å²) >= 11 is 0. The van der Waals surface area contributed by atoms with Gasteiger partial charge in [0, 0.05) is 45.3 Å². The molecule has 0 radical (unpaired) electrons. The van der Waals surface area contributed by atoms with Crippen LogP contribution in [0.4, 0.5) is 4.39 Å². The molecule has 1 atom stereocenters. The summed E-state index contributed by atoms with van der Waals surface area (Å²) < 4.78 is 18.8. The molecule has 2 heterocycles. The highest BCUT2D eigenvalue weighted by atomic mass is 19.1. The van der Waals surface area contributed by atoms with Crippen LogP contribution in [0.1, 0.15) is 24.9 Å². The van der Waals surface area contributed by atoms with E-state index in [1.54, 1.807) is 6.07 Å². The van der Waals surface area contributed by atoms with E-state index in [2.05, 4.69) is 21.6 Å². The molecule has 1 aromatic rings. The molecule has 2 aliphatic heterocycles. The minimum Gasteiger partial charge on any atom is -0.379 e. The molecule has 2 aliphatic rings. The standard InChI is InChI=1S/C19H30FN3O/c1-17(18-4-2-5-19(20)16-18)23-10-8-21(9-11-23)6-3-7-22-12-14-24-15-13-22/h2,4-5,16-17H,3,6-15H2,1H3/t17-/m0/s1. The van der Waals surface area contributed by atoms with Gasteiger partial charge < -0.3 is 9.64 Å². The average molecular weight is 335 g/mol. The van der Waals surface area contributed by atoms with Gasteiger partial charge in [0.05, 0.1) is 13.2 Å². The van der Waals surface area contributed by atoms with E-state index in [9.17, 15) is 4.39 Å². The maximum Gasteiger partial charge on any atom is 0.123 e. The van der Waals surface area contributed by atoms with Crippen LogP contribution in [-0.4, -0.2) is 80.3 Å². The van der Waals surface area contributed by atoms with Crippen molar-refractivity contribution in [3.63, 3.8) is 0 Å². The van der Waals surface area contributed by atoms with Crippen LogP contribution in [0.25, 0.3) is 0 Å². The lowest BCUT2D eigenvalue weighted by atomic mass is 10.1. The summed E-state index contributed by atoms with van der Waals surface area (Å²) in [4.78, 5) is 7.54. The fourth-order valence-corrected chi connectivity index (χ4v) is 3.69. The fraction of sp³-hybridized carbons (Fsp3) is 0.684. The zero-order valence-electron chi connectivity index (χ0n) is 14.8. The van der Waals surface area contributed by atoms with Crippen LogP contribution >= 0.6 is 0 Å². The summed E-state index contributed by atoms with van der Waals surface area (Å²) in [5.74, 6) is -0.138. The number of benzene rings is 1. The van der Waals surface area contributed by atoms with Crippen LogP contribution in [0.2, 0.25) is 0 Å². The van der Waals surface area contributed by atoms with Gasteiger partial charge in [0.15, 0.2) is 0 Å². The Morgan fingerprint density at radius 1 is 1.00 bits per heavy atom. The first kappa shape index (κ1) is 17.8. The van der Waals surface area contributed by atoms with Crippen molar-refractivity contribution >= 4 is 0 Å². The van der Waals surface area contributed by atoms with Crippen LogP contribution in [0.15, 0.2) is 24.3 Å². The Morgan fingerprint density at radius 2 is 1.67 bits per heavy atom. The first-order chi connectivity index (χ1) is 11.7. The van der Waals surface area contributed by atoms with Gasteiger partial charge in [-0.15, -0.1) is 0 Å². The van der Waals surface area contributed by atoms with E-state index >= 15 is 0 Å². The van der Waals surface area contributed by atoms with Gasteiger partial charge in [-0.1, -0.05) is 12.1 Å². The second kappa shape index (κ2) is 8.90. The predicted octanol–water partition coefficient (Wildman–Crippen LogP) is 2.23. The van der Waals surface area contributed by atoms with E-state index in [1.165, 1.54) is 25.6 Å². The summed E-state index contributed by atoms with van der Waals surface area (Å²) in [6.45, 7) is 12.8. The maximum atomic E-state index is 13.4. The highest BCUT2D eigenvalue weighted by Gasteiger charge is 2.22. The Bertz CT molecular complexity index is 499. The molecule has 5 heteroatoms. The molecule has 0 spiro atoms. The third-order valence-corrected chi connectivity index (χ3v) is 5.34. The lowest BCUT2D eigenvalue weighted by Crippen LogP contribution is -2.47. The Labute approximate surface area is 145 Å². The van der Waals surface area contributed by atoms with Crippen molar-refractivity contribution in [3.05, 3.63) is 35.6 Å². The van der Waals surface area contributed by atoms with Crippen LogP contribution in [0.3, 0.4) is 0 Å². The van der Waals surface area contributed by atoms with Crippen molar-refractivity contribution in [1.82, 2.24) is 14.7 Å². The van der Waals surface area contributed by atoms with Gasteiger partial charge in [-0.25, -0.2) is 4.39 Å². The number of halogens is 1. The lowest BCUT2D eigenvalue weighted by Gasteiger charge is -2.38. The molecule has 0 amide bonds. The molecule has 24 heavy (non-hydrogen) atoms. The molecule has 0 saturated carbocycles. The van der Waals surface area contributed by atoms with Gasteiger partial charge in [-0.2, -0.15) is 0 Å². The molecule has 0 unspecified atom stereocenters. The number of ether oxygens (including phenoxy) is 1. The summed E-state index contributed by atoms with van der Waals surface area (Å²) in [5.41, 5.74) is 1.08. The topological polar surface area (TPSA) is 19.0 Å². The molecular weight excluding hydrogens is 305 g/mol. The van der Waals surface area contributed by atoms with Crippen LogP contribution in [-0.2, 0) is 4.74 Å². The van der Waals surface area contributed by atoms with E-state index in [4.69, 9.17) is 4.74 Å². The quantitative estimate of drug-likeness (QED) is 0.793. The van der Waals surface area contributed by atoms with Crippen molar-refractivity contribution in [2.24, 2.45) is 0 Å². The van der Waals surface area contributed by atoms with Crippen molar-refractivity contribution < 1.29 is 9.13 Å². The van der Waals surface area contributed by atoms with Gasteiger partial charge in [-0.3, -0.25) is 9.80 Å². The molecule has 0 aromatic heterocycles. The van der Waals surface area contributed by atoms with E-state index in [1.807, 2.05) is 12.1 Å². The monoisotopic (exact) mass is 335 g/mol. The Morgan fingerprint density at radius 3 is 2.33 bits per heavy atom. The van der Waals surface area contributed by atoms with Crippen LogP contribution in [0, 0.1) is 5.82 Å². The third kappa shape index (κ3) is 4.99. The second-order valence-electron chi connectivity index (χ2n) is 6.92. The molecule has 3 rings (SSSR count). The predicted molar refractivity (Wildman–Crippen MR) is 94.7 cm³/mol. The minimum absolute atomic E-state index is 0.138. The first-order valence-corrected chi connectivity index (χ1v) is 9.24. The van der Waals surface area contributed by atoms with Gasteiger partial charge >= 0.3 is 0 Å². The van der Waals surface area contributed by atoms with Gasteiger partial charge in [0.2, 0.25) is 0 Å². The van der Waals surface area contributed by atoms with Crippen molar-refractivity contribution in [2.75, 3.05) is 65.6 Å². The molecule has 0 bridgehead atoms. The van der Waals surface area contributed by atoms with E-state index < -0.39 is 0 Å². The molecule has 0 aliphatic carbocycles. The summed E-state index contributed by atoms with van der Waals surface area (Å²) in [7, 11) is 0. The second-order valence-corrected chi connectivity index (χ2v) is 6.92. The Hall–Kier alpha value is -1.01. The molecule has 0 N–H and O–H groups in total. The number of piperazine rings is 1. The molecule has 2 saturated heterocycles. The first-order valence-electron chi connectivity index (χ1n) is 9.24. The largest absolute Gasteiger partial charge is 0.379 e. The number of nitrogens with zero attached hydrogens (tertiary/aromatic N) is 3. The molecule has 2 fully saturated rings. The number of hydrogen-bond donors (Lipinski definition) is 0. The van der Waals surface area contributed by atoms with E-state index in [0.29, 0.717) is 0 Å². The normalized spacial score (nSPS) is 22.6. The third-order valence-electron chi connectivity index (χ3n) is 5.34. The molecule has 134 valence electrons. The van der Waals surface area contributed by atoms with Crippen molar-refractivity contribution in [3.8, 4) is 0 Å². The minimum atomic E-state index is -0.138. The molecule has 1 aromatic carbocycles. The highest BCUT2D eigenvalue weighted by Crippen LogP contribution is 2.22. The van der Waals surface area contributed by atoms with Gasteiger partial charge in [0.1, 0.15) is 5.82 Å². The zero-order valence-corrected chi connectivity index (χ0v) is 14.8. The smallest absolute Gasteiger partial charge is 0.123 e. The average Bonchev–Trinajstić information content (AvgIpc) is 2.63. The zero-order chi connectivity index (χ0) is 16.8. The Balaban J connectivity index is 1.37. The van der Waals surface area contributed by atoms with Crippen LogP contribution in [0.5, 0.6) is 0 Å². The molecular formula is C19H30FN3O. The van der Waals surface area contributed by atoms with E-state index in [0.717, 1.165) is 58.0 Å².